The van der Waals surface area contributed by atoms with Gasteiger partial charge in [0.25, 0.3) is 0 Å². The van der Waals surface area contributed by atoms with E-state index in [2.05, 4.69) is 4.98 Å². The number of hydrogen-bond acceptors (Lipinski definition) is 4. The number of pyridine rings is 1. The van der Waals surface area contributed by atoms with E-state index in [1.165, 1.54) is 0 Å². The number of aliphatic hydroxyl groups is 1. The predicted molar refractivity (Wildman–Crippen MR) is 68.3 cm³/mol. The average Bonchev–Trinajstić information content (AvgIpc) is 2.29. The second-order valence-corrected chi connectivity index (χ2v) is 3.96. The molecule has 1 aromatic heterocycles. The van der Waals surface area contributed by atoms with Crippen molar-refractivity contribution in [1.82, 2.24) is 4.98 Å². The maximum atomic E-state index is 10.3. The van der Waals surface area contributed by atoms with Crippen LogP contribution in [0.3, 0.4) is 0 Å². The number of rotatable bonds is 2. The molecule has 17 heavy (non-hydrogen) atoms. The van der Waals surface area contributed by atoms with Gasteiger partial charge in [0.15, 0.2) is 0 Å². The molecular weight excluding hydrogens is 214 g/mol. The third kappa shape index (κ3) is 2.07. The number of nitrogens with zero attached hydrogens (tertiary/aromatic N) is 1. The number of aliphatic hydroxyl groups excluding tert-OH is 1. The Balaban J connectivity index is 2.51. The number of aromatic nitrogens is 1. The predicted octanol–water partition coefficient (Wildman–Crippen LogP) is 1.64. The van der Waals surface area contributed by atoms with Gasteiger partial charge in [0, 0.05) is 23.0 Å². The minimum atomic E-state index is -0.843. The number of para-hydroxylation sites is 1. The van der Waals surface area contributed by atoms with Crippen LogP contribution in [0.25, 0.3) is 0 Å². The lowest BCUT2D eigenvalue weighted by Gasteiger charge is -2.17. The Morgan fingerprint density at radius 1 is 1.18 bits per heavy atom. The summed E-state index contributed by atoms with van der Waals surface area (Å²) in [5.74, 6) is 0.334. The summed E-state index contributed by atoms with van der Waals surface area (Å²) in [6, 6.07) is 9.00. The van der Waals surface area contributed by atoms with Gasteiger partial charge >= 0.3 is 0 Å². The van der Waals surface area contributed by atoms with Crippen LogP contribution in [0.5, 0.6) is 0 Å². The first-order valence-electron chi connectivity index (χ1n) is 5.34. The van der Waals surface area contributed by atoms with Crippen molar-refractivity contribution in [2.45, 2.75) is 13.0 Å². The fourth-order valence-corrected chi connectivity index (χ4v) is 1.86. The lowest BCUT2D eigenvalue weighted by Crippen LogP contribution is -2.09. The SMILES string of the molecule is Cc1ccnc(N)c1C(O)c1ccccc1N. The zero-order valence-corrected chi connectivity index (χ0v) is 9.59. The molecule has 0 fully saturated rings. The van der Waals surface area contributed by atoms with Crippen molar-refractivity contribution < 1.29 is 5.11 Å². The van der Waals surface area contributed by atoms with Crippen molar-refractivity contribution >= 4 is 11.5 Å². The molecule has 0 amide bonds. The van der Waals surface area contributed by atoms with Gasteiger partial charge in [-0.2, -0.15) is 0 Å². The van der Waals surface area contributed by atoms with Crippen LogP contribution in [-0.2, 0) is 0 Å². The van der Waals surface area contributed by atoms with E-state index in [-0.39, 0.29) is 0 Å². The molecule has 0 saturated heterocycles. The molecule has 0 aliphatic heterocycles. The van der Waals surface area contributed by atoms with Gasteiger partial charge in [-0.05, 0) is 24.6 Å². The Bertz CT molecular complexity index is 520. The molecular formula is C13H15N3O. The van der Waals surface area contributed by atoms with Crippen LogP contribution in [0.4, 0.5) is 11.5 Å². The fraction of sp³-hybridized carbons (Fsp3) is 0.154. The highest BCUT2D eigenvalue weighted by molar-refractivity contribution is 5.55. The number of hydrogen-bond donors (Lipinski definition) is 3. The molecule has 1 aromatic carbocycles. The molecule has 0 bridgehead atoms. The number of aryl methyl sites for hydroxylation is 1. The van der Waals surface area contributed by atoms with Gasteiger partial charge in [0.2, 0.25) is 0 Å². The highest BCUT2D eigenvalue weighted by Gasteiger charge is 2.18. The summed E-state index contributed by atoms with van der Waals surface area (Å²) >= 11 is 0. The molecule has 0 radical (unpaired) electrons. The smallest absolute Gasteiger partial charge is 0.129 e. The van der Waals surface area contributed by atoms with Crippen LogP contribution in [0.15, 0.2) is 36.5 Å². The second-order valence-electron chi connectivity index (χ2n) is 3.96. The lowest BCUT2D eigenvalue weighted by atomic mass is 9.97. The van der Waals surface area contributed by atoms with Crippen LogP contribution in [-0.4, -0.2) is 10.1 Å². The number of nitrogen functional groups attached to an aromatic ring is 2. The summed E-state index contributed by atoms with van der Waals surface area (Å²) in [4.78, 5) is 3.99. The Morgan fingerprint density at radius 2 is 1.88 bits per heavy atom. The van der Waals surface area contributed by atoms with Crippen LogP contribution in [0, 0.1) is 6.92 Å². The fourth-order valence-electron chi connectivity index (χ4n) is 1.86. The van der Waals surface area contributed by atoms with Gasteiger partial charge < -0.3 is 16.6 Å². The summed E-state index contributed by atoms with van der Waals surface area (Å²) in [7, 11) is 0. The first kappa shape index (κ1) is 11.4. The normalized spacial score (nSPS) is 12.4. The van der Waals surface area contributed by atoms with Crippen molar-refractivity contribution in [2.24, 2.45) is 0 Å². The summed E-state index contributed by atoms with van der Waals surface area (Å²) in [6.45, 7) is 1.88. The first-order chi connectivity index (χ1) is 8.11. The van der Waals surface area contributed by atoms with Crippen molar-refractivity contribution in [2.75, 3.05) is 11.5 Å². The molecule has 2 aromatic rings. The number of benzene rings is 1. The largest absolute Gasteiger partial charge is 0.398 e. The standard InChI is InChI=1S/C13H15N3O/c1-8-6-7-16-13(15)11(8)12(17)9-4-2-3-5-10(9)14/h2-7,12,17H,14H2,1H3,(H2,15,16). The molecule has 0 aliphatic carbocycles. The molecule has 1 atom stereocenters. The Labute approximate surface area is 99.9 Å². The van der Waals surface area contributed by atoms with E-state index in [4.69, 9.17) is 11.5 Å². The molecule has 1 unspecified atom stereocenters. The molecule has 1 heterocycles. The lowest BCUT2D eigenvalue weighted by molar-refractivity contribution is 0.220. The minimum absolute atomic E-state index is 0.334. The van der Waals surface area contributed by atoms with E-state index >= 15 is 0 Å². The van der Waals surface area contributed by atoms with Crippen molar-refractivity contribution in [3.63, 3.8) is 0 Å². The molecule has 88 valence electrons. The first-order valence-corrected chi connectivity index (χ1v) is 5.34. The van der Waals surface area contributed by atoms with Gasteiger partial charge in [0.05, 0.1) is 0 Å². The molecule has 0 saturated carbocycles. The summed E-state index contributed by atoms with van der Waals surface area (Å²) in [6.07, 6.45) is 0.778. The highest BCUT2D eigenvalue weighted by Crippen LogP contribution is 2.30. The van der Waals surface area contributed by atoms with E-state index < -0.39 is 6.10 Å². The molecule has 0 spiro atoms. The van der Waals surface area contributed by atoms with Crippen molar-refractivity contribution in [1.29, 1.82) is 0 Å². The Hall–Kier alpha value is -2.07. The molecule has 4 nitrogen and oxygen atoms in total. The zero-order chi connectivity index (χ0) is 12.4. The maximum absolute atomic E-state index is 10.3. The van der Waals surface area contributed by atoms with Crippen molar-refractivity contribution in [3.05, 3.63) is 53.2 Å². The quantitative estimate of drug-likeness (QED) is 0.683. The van der Waals surface area contributed by atoms with E-state index in [9.17, 15) is 5.11 Å². The summed E-state index contributed by atoms with van der Waals surface area (Å²) in [5.41, 5.74) is 14.3. The molecule has 0 aliphatic rings. The van der Waals surface area contributed by atoms with Crippen LogP contribution < -0.4 is 11.5 Å². The third-order valence-corrected chi connectivity index (χ3v) is 2.80. The zero-order valence-electron chi connectivity index (χ0n) is 9.59. The van der Waals surface area contributed by atoms with Gasteiger partial charge in [-0.3, -0.25) is 0 Å². The van der Waals surface area contributed by atoms with E-state index in [1.807, 2.05) is 25.1 Å². The van der Waals surface area contributed by atoms with Gasteiger partial charge in [0.1, 0.15) is 11.9 Å². The van der Waals surface area contributed by atoms with Crippen LogP contribution in [0.1, 0.15) is 22.8 Å². The second kappa shape index (κ2) is 4.43. The van der Waals surface area contributed by atoms with Crippen LogP contribution in [0.2, 0.25) is 0 Å². The molecule has 2 rings (SSSR count). The monoisotopic (exact) mass is 229 g/mol. The summed E-state index contributed by atoms with van der Waals surface area (Å²) < 4.78 is 0. The third-order valence-electron chi connectivity index (χ3n) is 2.80. The van der Waals surface area contributed by atoms with Gasteiger partial charge in [-0.1, -0.05) is 18.2 Å². The number of anilines is 2. The van der Waals surface area contributed by atoms with Gasteiger partial charge in [-0.25, -0.2) is 4.98 Å². The van der Waals surface area contributed by atoms with Crippen molar-refractivity contribution in [3.8, 4) is 0 Å². The van der Waals surface area contributed by atoms with E-state index in [0.717, 1.165) is 5.56 Å². The van der Waals surface area contributed by atoms with E-state index in [1.54, 1.807) is 18.3 Å². The Kier molecular flexibility index (Phi) is 2.97. The topological polar surface area (TPSA) is 85.2 Å². The highest BCUT2D eigenvalue weighted by atomic mass is 16.3. The average molecular weight is 229 g/mol. The van der Waals surface area contributed by atoms with E-state index in [0.29, 0.717) is 22.6 Å². The number of nitrogens with two attached hydrogens (primary N) is 2. The van der Waals surface area contributed by atoms with Crippen LogP contribution >= 0.6 is 0 Å². The minimum Gasteiger partial charge on any atom is -0.398 e. The molecule has 5 N–H and O–H groups in total. The Morgan fingerprint density at radius 3 is 2.53 bits per heavy atom. The summed E-state index contributed by atoms with van der Waals surface area (Å²) in [5, 5.41) is 10.3. The van der Waals surface area contributed by atoms with Gasteiger partial charge in [-0.15, -0.1) is 0 Å². The molecule has 4 heteroatoms. The maximum Gasteiger partial charge on any atom is 0.129 e.